The van der Waals surface area contributed by atoms with Crippen molar-refractivity contribution in [1.82, 2.24) is 15.1 Å². The Balaban J connectivity index is 1.65. The number of aromatic nitrogens is 2. The number of hydrogen-bond donors (Lipinski definition) is 2. The number of carbonyl (C=O) groups excluding carboxylic acids is 1. The molecule has 4 aromatic rings. The van der Waals surface area contributed by atoms with Gasteiger partial charge in [-0.1, -0.05) is 12.1 Å². The standard InChI is InChI=1S/C26H23F4N3O3/c1-15(32-25(35)16(2)34)24(17-3-5-19(6-4-17)26(28,29)30)36-22-11-12-23-18(13-22)14-31-33(23)21-9-7-20(27)8-10-21/h3-16,24,34H,1-2H3,(H,32,35)/t15-,16-,24-/m0/s1. The number of ether oxygens (including phenoxy) is 1. The minimum absolute atomic E-state index is 0.364. The number of fused-ring (bicyclic) bond motifs is 1. The van der Waals surface area contributed by atoms with E-state index in [2.05, 4.69) is 10.4 Å². The number of aliphatic hydroxyl groups excluding tert-OH is 1. The molecule has 0 spiro atoms. The Bertz CT molecular complexity index is 1350. The van der Waals surface area contributed by atoms with Gasteiger partial charge in [0, 0.05) is 5.39 Å². The maximum atomic E-state index is 13.3. The average Bonchev–Trinajstić information content (AvgIpc) is 3.25. The van der Waals surface area contributed by atoms with Crippen molar-refractivity contribution in [2.45, 2.75) is 38.3 Å². The highest BCUT2D eigenvalue weighted by Gasteiger charge is 2.31. The number of nitrogens with zero attached hydrogens (tertiary/aromatic N) is 2. The van der Waals surface area contributed by atoms with Crippen LogP contribution >= 0.6 is 0 Å². The van der Waals surface area contributed by atoms with Crippen LogP contribution in [-0.4, -0.2) is 32.9 Å². The Morgan fingerprint density at radius 3 is 2.31 bits per heavy atom. The van der Waals surface area contributed by atoms with E-state index in [9.17, 15) is 27.5 Å². The van der Waals surface area contributed by atoms with Gasteiger partial charge >= 0.3 is 6.18 Å². The van der Waals surface area contributed by atoms with Crippen molar-refractivity contribution in [3.8, 4) is 11.4 Å². The second-order valence-electron chi connectivity index (χ2n) is 8.38. The third-order valence-electron chi connectivity index (χ3n) is 5.64. The zero-order valence-electron chi connectivity index (χ0n) is 19.3. The minimum atomic E-state index is -4.49. The van der Waals surface area contributed by atoms with E-state index in [1.54, 1.807) is 48.1 Å². The third kappa shape index (κ3) is 5.49. The first kappa shape index (κ1) is 25.2. The van der Waals surface area contributed by atoms with E-state index in [0.29, 0.717) is 22.4 Å². The molecule has 0 aliphatic carbocycles. The Kier molecular flexibility index (Phi) is 6.98. The zero-order chi connectivity index (χ0) is 26.0. The van der Waals surface area contributed by atoms with Gasteiger partial charge in [-0.15, -0.1) is 0 Å². The van der Waals surface area contributed by atoms with E-state index in [0.717, 1.165) is 17.6 Å². The van der Waals surface area contributed by atoms with Crippen LogP contribution in [0.5, 0.6) is 5.75 Å². The molecule has 0 fully saturated rings. The molecule has 0 bridgehead atoms. The lowest BCUT2D eigenvalue weighted by Crippen LogP contribution is -2.43. The average molecular weight is 501 g/mol. The van der Waals surface area contributed by atoms with Crippen molar-refractivity contribution < 1.29 is 32.2 Å². The molecule has 3 atom stereocenters. The second kappa shape index (κ2) is 9.98. The van der Waals surface area contributed by atoms with Crippen molar-refractivity contribution >= 4 is 16.8 Å². The van der Waals surface area contributed by atoms with Crippen LogP contribution in [0.25, 0.3) is 16.6 Å². The smallest absolute Gasteiger partial charge is 0.416 e. The molecule has 0 unspecified atom stereocenters. The van der Waals surface area contributed by atoms with E-state index in [1.165, 1.54) is 31.2 Å². The van der Waals surface area contributed by atoms with Gasteiger partial charge in [0.15, 0.2) is 0 Å². The number of alkyl halides is 3. The zero-order valence-corrected chi connectivity index (χ0v) is 19.3. The fourth-order valence-electron chi connectivity index (χ4n) is 3.76. The number of carbonyl (C=O) groups is 1. The summed E-state index contributed by atoms with van der Waals surface area (Å²) in [6, 6.07) is 14.8. The number of nitrogens with one attached hydrogen (secondary N) is 1. The van der Waals surface area contributed by atoms with Crippen molar-refractivity contribution in [3.05, 3.63) is 89.9 Å². The van der Waals surface area contributed by atoms with Crippen LogP contribution in [-0.2, 0) is 11.0 Å². The largest absolute Gasteiger partial charge is 0.484 e. The van der Waals surface area contributed by atoms with Gasteiger partial charge in [0.1, 0.15) is 23.8 Å². The highest BCUT2D eigenvalue weighted by atomic mass is 19.4. The van der Waals surface area contributed by atoms with E-state index < -0.39 is 35.9 Å². The molecule has 10 heteroatoms. The lowest BCUT2D eigenvalue weighted by atomic mass is 10.0. The van der Waals surface area contributed by atoms with E-state index in [4.69, 9.17) is 4.74 Å². The van der Waals surface area contributed by atoms with E-state index in [1.807, 2.05) is 0 Å². The number of benzene rings is 3. The van der Waals surface area contributed by atoms with Crippen LogP contribution in [0.1, 0.15) is 31.1 Å². The molecule has 0 saturated carbocycles. The minimum Gasteiger partial charge on any atom is -0.484 e. The molecule has 3 aromatic carbocycles. The number of rotatable bonds is 7. The van der Waals surface area contributed by atoms with Crippen LogP contribution in [0.4, 0.5) is 17.6 Å². The Hall–Kier alpha value is -3.92. The monoisotopic (exact) mass is 501 g/mol. The number of halogens is 4. The summed E-state index contributed by atoms with van der Waals surface area (Å²) in [6.45, 7) is 2.94. The fraction of sp³-hybridized carbons (Fsp3) is 0.231. The number of hydrogen-bond acceptors (Lipinski definition) is 4. The summed E-state index contributed by atoms with van der Waals surface area (Å²) < 4.78 is 60.2. The van der Waals surface area contributed by atoms with Crippen LogP contribution in [0.3, 0.4) is 0 Å². The Morgan fingerprint density at radius 2 is 1.69 bits per heavy atom. The molecule has 0 saturated heterocycles. The fourth-order valence-corrected chi connectivity index (χ4v) is 3.76. The maximum Gasteiger partial charge on any atom is 0.416 e. The lowest BCUT2D eigenvalue weighted by Gasteiger charge is -2.27. The summed E-state index contributed by atoms with van der Waals surface area (Å²) in [5, 5.41) is 17.2. The molecule has 188 valence electrons. The molecule has 0 aliphatic heterocycles. The highest BCUT2D eigenvalue weighted by Crippen LogP contribution is 2.33. The molecule has 6 nitrogen and oxygen atoms in total. The number of aliphatic hydroxyl groups is 1. The van der Waals surface area contributed by atoms with E-state index in [-0.39, 0.29) is 5.82 Å². The molecule has 1 aromatic heterocycles. The summed E-state index contributed by atoms with van der Waals surface area (Å²) in [7, 11) is 0. The van der Waals surface area contributed by atoms with Crippen LogP contribution in [0.2, 0.25) is 0 Å². The first-order valence-electron chi connectivity index (χ1n) is 11.1. The van der Waals surface area contributed by atoms with Gasteiger partial charge in [-0.05, 0) is 74.0 Å². The summed E-state index contributed by atoms with van der Waals surface area (Å²) in [5.41, 5.74) is 0.997. The van der Waals surface area contributed by atoms with Gasteiger partial charge in [0.2, 0.25) is 5.91 Å². The van der Waals surface area contributed by atoms with Crippen LogP contribution in [0, 0.1) is 5.82 Å². The van der Waals surface area contributed by atoms with Crippen LogP contribution < -0.4 is 10.1 Å². The Morgan fingerprint density at radius 1 is 1.03 bits per heavy atom. The predicted molar refractivity (Wildman–Crippen MR) is 125 cm³/mol. The Labute approximate surface area is 204 Å². The first-order chi connectivity index (χ1) is 17.0. The van der Waals surface area contributed by atoms with Crippen molar-refractivity contribution in [2.75, 3.05) is 0 Å². The van der Waals surface area contributed by atoms with Gasteiger partial charge in [-0.2, -0.15) is 18.3 Å². The summed E-state index contributed by atoms with van der Waals surface area (Å²) >= 11 is 0. The van der Waals surface area contributed by atoms with Gasteiger partial charge in [-0.3, -0.25) is 4.79 Å². The lowest BCUT2D eigenvalue weighted by molar-refractivity contribution is -0.137. The molecular formula is C26H23F4N3O3. The molecule has 2 N–H and O–H groups in total. The quantitative estimate of drug-likeness (QED) is 0.342. The van der Waals surface area contributed by atoms with Crippen LogP contribution in [0.15, 0.2) is 72.9 Å². The third-order valence-corrected chi connectivity index (χ3v) is 5.64. The predicted octanol–water partition coefficient (Wildman–Crippen LogP) is 5.19. The van der Waals surface area contributed by atoms with Crippen molar-refractivity contribution in [1.29, 1.82) is 0 Å². The normalized spacial score (nSPS) is 14.3. The molecule has 0 radical (unpaired) electrons. The van der Waals surface area contributed by atoms with Gasteiger partial charge < -0.3 is 15.2 Å². The summed E-state index contributed by atoms with van der Waals surface area (Å²) in [4.78, 5) is 12.1. The molecule has 1 heterocycles. The highest BCUT2D eigenvalue weighted by molar-refractivity contribution is 5.82. The van der Waals surface area contributed by atoms with Gasteiger partial charge in [0.05, 0.1) is 29.0 Å². The SMILES string of the molecule is C[C@H](O)C(=O)N[C@@H](C)[C@H](Oc1ccc2c(cnn2-c2ccc(F)cc2)c1)c1ccc(C(F)(F)F)cc1. The molecular weight excluding hydrogens is 478 g/mol. The summed E-state index contributed by atoms with van der Waals surface area (Å²) in [6.07, 6.45) is -5.01. The molecule has 0 aliphatic rings. The topological polar surface area (TPSA) is 76.4 Å². The van der Waals surface area contributed by atoms with Gasteiger partial charge in [-0.25, -0.2) is 9.07 Å². The first-order valence-corrected chi connectivity index (χ1v) is 11.1. The van der Waals surface area contributed by atoms with Crippen molar-refractivity contribution in [3.63, 3.8) is 0 Å². The summed E-state index contributed by atoms with van der Waals surface area (Å²) in [5.74, 6) is -0.611. The second-order valence-corrected chi connectivity index (χ2v) is 8.38. The molecule has 1 amide bonds. The maximum absolute atomic E-state index is 13.3. The molecule has 4 rings (SSSR count). The van der Waals surface area contributed by atoms with E-state index >= 15 is 0 Å². The molecule has 36 heavy (non-hydrogen) atoms. The van der Waals surface area contributed by atoms with Crippen molar-refractivity contribution in [2.24, 2.45) is 0 Å². The van der Waals surface area contributed by atoms with Gasteiger partial charge in [0.25, 0.3) is 0 Å². The number of amides is 1.